The van der Waals surface area contributed by atoms with Crippen molar-refractivity contribution in [3.63, 3.8) is 0 Å². The maximum Gasteiger partial charge on any atom is 0.273 e. The maximum atomic E-state index is 13.5. The van der Waals surface area contributed by atoms with E-state index in [0.717, 1.165) is 18.0 Å². The summed E-state index contributed by atoms with van der Waals surface area (Å²) < 4.78 is 17.4. The molecule has 0 aliphatic carbocycles. The number of anilines is 1. The van der Waals surface area contributed by atoms with Crippen molar-refractivity contribution < 1.29 is 14.0 Å². The molecule has 6 nitrogen and oxygen atoms in total. The number of nitrogen functional groups attached to an aromatic ring is 1. The average Bonchev–Trinajstić information content (AvgIpc) is 2.93. The van der Waals surface area contributed by atoms with Gasteiger partial charge in [-0.3, -0.25) is 9.59 Å². The highest BCUT2D eigenvalue weighted by atomic mass is 32.1. The Morgan fingerprint density at radius 2 is 2.00 bits per heavy atom. The molecule has 2 rings (SSSR count). The average molecular weight is 336 g/mol. The van der Waals surface area contributed by atoms with E-state index in [-0.39, 0.29) is 22.8 Å². The predicted octanol–water partition coefficient (Wildman–Crippen LogP) is 1.93. The fraction of sp³-hybridized carbons (Fsp3) is 0.267. The Labute approximate surface area is 137 Å². The minimum Gasteiger partial charge on any atom is -0.395 e. The van der Waals surface area contributed by atoms with E-state index in [1.165, 1.54) is 6.07 Å². The Balaban J connectivity index is 2.04. The zero-order chi connectivity index (χ0) is 16.8. The molecule has 2 aromatic rings. The zero-order valence-corrected chi connectivity index (χ0v) is 13.4. The summed E-state index contributed by atoms with van der Waals surface area (Å²) in [6, 6.07) is 6.15. The van der Waals surface area contributed by atoms with Gasteiger partial charge in [-0.25, -0.2) is 4.39 Å². The number of nitrogens with one attached hydrogen (secondary N) is 2. The van der Waals surface area contributed by atoms with Gasteiger partial charge in [-0.15, -0.1) is 0 Å². The third kappa shape index (κ3) is 4.04. The van der Waals surface area contributed by atoms with Crippen LogP contribution in [0.2, 0.25) is 0 Å². The van der Waals surface area contributed by atoms with Crippen LogP contribution in [0.25, 0.3) is 0 Å². The van der Waals surface area contributed by atoms with Gasteiger partial charge in [0, 0.05) is 18.7 Å². The van der Waals surface area contributed by atoms with Gasteiger partial charge in [0.15, 0.2) is 5.69 Å². The molecule has 122 valence electrons. The van der Waals surface area contributed by atoms with Crippen LogP contribution < -0.4 is 16.4 Å². The van der Waals surface area contributed by atoms with Crippen LogP contribution >= 0.6 is 11.5 Å². The van der Waals surface area contributed by atoms with Crippen molar-refractivity contribution in [3.8, 4) is 0 Å². The Hall–Kier alpha value is -2.48. The molecule has 0 aliphatic heterocycles. The molecule has 1 aromatic carbocycles. The molecule has 0 unspecified atom stereocenters. The van der Waals surface area contributed by atoms with E-state index < -0.39 is 17.6 Å². The van der Waals surface area contributed by atoms with E-state index in [1.807, 2.05) is 6.92 Å². The summed E-state index contributed by atoms with van der Waals surface area (Å²) in [4.78, 5) is 24.1. The molecule has 0 radical (unpaired) electrons. The SMILES string of the molecule is CCCNC(=O)c1nsc(C(=O)NCc2ccccc2F)c1N. The number of halogens is 1. The van der Waals surface area contributed by atoms with Crippen LogP contribution in [0.1, 0.15) is 39.1 Å². The van der Waals surface area contributed by atoms with E-state index in [4.69, 9.17) is 5.73 Å². The standard InChI is InChI=1S/C15H17FN4O2S/c1-2-7-18-14(21)12-11(17)13(23-20-12)15(22)19-8-9-5-3-4-6-10(9)16/h3-6H,2,7-8,17H2,1H3,(H,18,21)(H,19,22). The summed E-state index contributed by atoms with van der Waals surface area (Å²) in [5, 5.41) is 5.22. The Morgan fingerprint density at radius 1 is 1.26 bits per heavy atom. The zero-order valence-electron chi connectivity index (χ0n) is 12.6. The van der Waals surface area contributed by atoms with Crippen molar-refractivity contribution in [1.82, 2.24) is 15.0 Å². The lowest BCUT2D eigenvalue weighted by Gasteiger charge is -2.05. The van der Waals surface area contributed by atoms with E-state index in [2.05, 4.69) is 15.0 Å². The van der Waals surface area contributed by atoms with E-state index in [1.54, 1.807) is 18.2 Å². The van der Waals surface area contributed by atoms with Crippen LogP contribution in [0.5, 0.6) is 0 Å². The minimum atomic E-state index is -0.488. The summed E-state index contributed by atoms with van der Waals surface area (Å²) in [6.45, 7) is 2.46. The second-order valence-electron chi connectivity index (χ2n) is 4.80. The number of hydrogen-bond acceptors (Lipinski definition) is 5. The van der Waals surface area contributed by atoms with Crippen LogP contribution in [0.4, 0.5) is 10.1 Å². The van der Waals surface area contributed by atoms with Crippen molar-refractivity contribution in [2.24, 2.45) is 0 Å². The van der Waals surface area contributed by atoms with Gasteiger partial charge in [0.25, 0.3) is 11.8 Å². The summed E-state index contributed by atoms with van der Waals surface area (Å²) in [6.07, 6.45) is 0.783. The first-order chi connectivity index (χ1) is 11.0. The first-order valence-corrected chi connectivity index (χ1v) is 7.86. The predicted molar refractivity (Wildman–Crippen MR) is 86.7 cm³/mol. The first-order valence-electron chi connectivity index (χ1n) is 7.09. The van der Waals surface area contributed by atoms with Crippen LogP contribution in [0, 0.1) is 5.82 Å². The second-order valence-corrected chi connectivity index (χ2v) is 5.58. The van der Waals surface area contributed by atoms with Crippen molar-refractivity contribution in [2.75, 3.05) is 12.3 Å². The highest BCUT2D eigenvalue weighted by Crippen LogP contribution is 2.21. The number of benzene rings is 1. The number of nitrogens with two attached hydrogens (primary N) is 1. The highest BCUT2D eigenvalue weighted by molar-refractivity contribution is 7.09. The largest absolute Gasteiger partial charge is 0.395 e. The summed E-state index contributed by atoms with van der Waals surface area (Å²) in [5.41, 5.74) is 6.27. The van der Waals surface area contributed by atoms with Crippen molar-refractivity contribution in [3.05, 3.63) is 46.2 Å². The van der Waals surface area contributed by atoms with E-state index >= 15 is 0 Å². The molecule has 0 bridgehead atoms. The summed E-state index contributed by atoms with van der Waals surface area (Å²) >= 11 is 0.844. The molecular formula is C15H17FN4O2S. The van der Waals surface area contributed by atoms with Crippen molar-refractivity contribution in [1.29, 1.82) is 0 Å². The second kappa shape index (κ2) is 7.68. The molecule has 0 atom stereocenters. The molecule has 23 heavy (non-hydrogen) atoms. The topological polar surface area (TPSA) is 97.1 Å². The van der Waals surface area contributed by atoms with Crippen LogP contribution in [0.15, 0.2) is 24.3 Å². The third-order valence-corrected chi connectivity index (χ3v) is 3.94. The Bertz CT molecular complexity index is 717. The smallest absolute Gasteiger partial charge is 0.273 e. The fourth-order valence-electron chi connectivity index (χ4n) is 1.84. The lowest BCUT2D eigenvalue weighted by Crippen LogP contribution is -2.26. The minimum absolute atomic E-state index is 0.0280. The van der Waals surface area contributed by atoms with E-state index in [0.29, 0.717) is 12.1 Å². The number of rotatable bonds is 6. The summed E-state index contributed by atoms with van der Waals surface area (Å²) in [7, 11) is 0. The van der Waals surface area contributed by atoms with Crippen molar-refractivity contribution in [2.45, 2.75) is 19.9 Å². The van der Waals surface area contributed by atoms with E-state index in [9.17, 15) is 14.0 Å². The molecule has 0 fully saturated rings. The molecule has 4 N–H and O–H groups in total. The van der Waals surface area contributed by atoms with Gasteiger partial charge in [-0.05, 0) is 24.0 Å². The van der Waals surface area contributed by atoms with Gasteiger partial charge >= 0.3 is 0 Å². The van der Waals surface area contributed by atoms with Gasteiger partial charge in [0.1, 0.15) is 10.7 Å². The molecular weight excluding hydrogens is 319 g/mol. The normalized spacial score (nSPS) is 10.3. The number of carbonyl (C=O) groups is 2. The lowest BCUT2D eigenvalue weighted by atomic mass is 10.2. The van der Waals surface area contributed by atoms with Crippen molar-refractivity contribution >= 4 is 29.0 Å². The number of amides is 2. The molecule has 0 aliphatic rings. The van der Waals surface area contributed by atoms with Crippen LogP contribution in [0.3, 0.4) is 0 Å². The van der Waals surface area contributed by atoms with Crippen LogP contribution in [-0.4, -0.2) is 22.7 Å². The molecule has 8 heteroatoms. The first kappa shape index (κ1) is 16.9. The maximum absolute atomic E-state index is 13.5. The van der Waals surface area contributed by atoms with Gasteiger partial charge in [0.05, 0.1) is 5.69 Å². The molecule has 0 spiro atoms. The molecule has 1 aromatic heterocycles. The van der Waals surface area contributed by atoms with Crippen LogP contribution in [-0.2, 0) is 6.54 Å². The monoisotopic (exact) mass is 336 g/mol. The fourth-order valence-corrected chi connectivity index (χ4v) is 2.56. The van der Waals surface area contributed by atoms with Gasteiger partial charge in [-0.2, -0.15) is 4.37 Å². The number of aromatic nitrogens is 1. The quantitative estimate of drug-likeness (QED) is 0.751. The third-order valence-electron chi connectivity index (χ3n) is 3.08. The molecule has 0 saturated carbocycles. The lowest BCUT2D eigenvalue weighted by molar-refractivity contribution is 0.0949. The van der Waals surface area contributed by atoms with Gasteiger partial charge < -0.3 is 16.4 Å². The molecule has 2 amide bonds. The van der Waals surface area contributed by atoms with Gasteiger partial charge in [-0.1, -0.05) is 25.1 Å². The number of carbonyl (C=O) groups excluding carboxylic acids is 2. The Kier molecular flexibility index (Phi) is 5.64. The molecule has 0 saturated heterocycles. The molecule has 1 heterocycles. The summed E-state index contributed by atoms with van der Waals surface area (Å²) in [5.74, 6) is -1.30. The van der Waals surface area contributed by atoms with Gasteiger partial charge in [0.2, 0.25) is 0 Å². The Morgan fingerprint density at radius 3 is 2.70 bits per heavy atom. The number of nitrogens with zero attached hydrogens (tertiary/aromatic N) is 1. The highest BCUT2D eigenvalue weighted by Gasteiger charge is 2.21. The number of hydrogen-bond donors (Lipinski definition) is 3.